The van der Waals surface area contributed by atoms with Gasteiger partial charge in [-0.15, -0.1) is 0 Å². The molecule has 0 amide bonds. The molecule has 2 N–H and O–H groups in total. The Morgan fingerprint density at radius 1 is 0.429 bits per heavy atom. The van der Waals surface area contributed by atoms with Gasteiger partial charge in [0.05, 0.1) is 12.8 Å². The summed E-state index contributed by atoms with van der Waals surface area (Å²) in [6, 6.07) is 0. The maximum atomic E-state index is 11.3. The molecule has 0 aromatic rings. The Balaban J connectivity index is -0.000000192. The fourth-order valence-corrected chi connectivity index (χ4v) is 0.693. The summed E-state index contributed by atoms with van der Waals surface area (Å²) in [7, 11) is 0. The van der Waals surface area contributed by atoms with E-state index in [0.717, 1.165) is 0 Å². The molecular weight excluding hydrogens is 483 g/mol. The van der Waals surface area contributed by atoms with Crippen LogP contribution in [0.15, 0.2) is 0 Å². The quantitative estimate of drug-likeness (QED) is 0.344. The summed E-state index contributed by atoms with van der Waals surface area (Å²) in [5.74, 6) is -10.8. The van der Waals surface area contributed by atoms with Gasteiger partial charge in [0.15, 0.2) is 0 Å². The second-order valence-electron chi connectivity index (χ2n) is 4.04. The van der Waals surface area contributed by atoms with Crippen LogP contribution in [0.1, 0.15) is 12.8 Å². The van der Waals surface area contributed by atoms with Crippen molar-refractivity contribution in [3.8, 4) is 0 Å². The zero-order valence-corrected chi connectivity index (χ0v) is 13.6. The summed E-state index contributed by atoms with van der Waals surface area (Å²) >= 11 is 0. The summed E-state index contributed by atoms with van der Waals surface area (Å²) in [6.45, 7) is 0. The number of hydrogen-bond acceptors (Lipinski definition) is 4. The average molecular weight is 489 g/mol. The van der Waals surface area contributed by atoms with Gasteiger partial charge in [-0.1, -0.05) is 0 Å². The molecule has 28 heavy (non-hydrogen) atoms. The summed E-state index contributed by atoms with van der Waals surface area (Å²) in [6.07, 6.45) is -26.0. The minimum Gasteiger partial charge on any atom is -0.412 e. The van der Waals surface area contributed by atoms with E-state index in [1.54, 1.807) is 0 Å². The molecule has 0 saturated carbocycles. The van der Waals surface area contributed by atoms with Crippen molar-refractivity contribution < 1.29 is 94.4 Å². The van der Waals surface area contributed by atoms with Gasteiger partial charge < -0.3 is 5.48 Å². The number of alkyl halides is 12. The Labute approximate surface area is 156 Å². The summed E-state index contributed by atoms with van der Waals surface area (Å²) in [5, 5.41) is 0. The van der Waals surface area contributed by atoms with Gasteiger partial charge in [0.1, 0.15) is 0 Å². The first-order chi connectivity index (χ1) is 11.1. The Hall–Kier alpha value is -1.68. The maximum absolute atomic E-state index is 11.3. The van der Waals surface area contributed by atoms with E-state index in [4.69, 9.17) is 0 Å². The van der Waals surface area contributed by atoms with E-state index in [0.29, 0.717) is 0 Å². The monoisotopic (exact) mass is 489 g/mol. The molecule has 0 aromatic carbocycles. The summed E-state index contributed by atoms with van der Waals surface area (Å²) in [4.78, 5) is 39.5. The Kier molecular flexibility index (Phi) is 13.7. The van der Waals surface area contributed by atoms with Crippen molar-refractivity contribution in [2.75, 3.05) is 0 Å². The van der Waals surface area contributed by atoms with Crippen LogP contribution in [-0.4, -0.2) is 53.3 Å². The molecule has 1 radical (unpaired) electrons. The van der Waals surface area contributed by atoms with E-state index in [9.17, 15) is 71.9 Å². The number of carbonyl (C=O) groups is 4. The standard InChI is InChI=1S/2C5H2F6O2.Mn.H2O/c2*6-4(7,8)2(12)1-3(13)5(9,10)11;;/h2*1H2;;1H2. The third kappa shape index (κ3) is 14.4. The molecule has 0 fully saturated rings. The molecule has 0 aliphatic carbocycles. The van der Waals surface area contributed by atoms with Crippen LogP contribution in [0.2, 0.25) is 0 Å². The van der Waals surface area contributed by atoms with Crippen molar-refractivity contribution in [3.05, 3.63) is 0 Å². The third-order valence-corrected chi connectivity index (χ3v) is 1.91. The van der Waals surface area contributed by atoms with E-state index in [1.165, 1.54) is 0 Å². The number of hydrogen-bond donors (Lipinski definition) is 0. The van der Waals surface area contributed by atoms with Crippen LogP contribution in [0, 0.1) is 0 Å². The zero-order valence-electron chi connectivity index (χ0n) is 12.5. The number of carbonyl (C=O) groups excluding carboxylic acids is 4. The predicted molar refractivity (Wildman–Crippen MR) is 57.1 cm³/mol. The normalized spacial score (nSPS) is 11.9. The van der Waals surface area contributed by atoms with Crippen molar-refractivity contribution >= 4 is 23.1 Å². The van der Waals surface area contributed by atoms with Crippen molar-refractivity contribution in [1.82, 2.24) is 0 Å². The fraction of sp³-hybridized carbons (Fsp3) is 0.600. The molecule has 0 saturated heterocycles. The van der Waals surface area contributed by atoms with Crippen LogP contribution in [-0.2, 0) is 36.2 Å². The largest absolute Gasteiger partial charge is 0.450 e. The molecule has 0 spiro atoms. The third-order valence-electron chi connectivity index (χ3n) is 1.91. The van der Waals surface area contributed by atoms with Gasteiger partial charge in [0.25, 0.3) is 0 Å². The van der Waals surface area contributed by atoms with E-state index in [-0.39, 0.29) is 22.5 Å². The average Bonchev–Trinajstić information content (AvgIpc) is 2.34. The Bertz CT molecular complexity index is 459. The Morgan fingerprint density at radius 3 is 0.607 bits per heavy atom. The topological polar surface area (TPSA) is 99.8 Å². The number of halogens is 12. The van der Waals surface area contributed by atoms with Crippen LogP contribution >= 0.6 is 0 Å². The number of rotatable bonds is 4. The first-order valence-electron chi connectivity index (χ1n) is 5.50. The minimum absolute atomic E-state index is 0. The second-order valence-corrected chi connectivity index (χ2v) is 4.04. The zero-order chi connectivity index (χ0) is 21.7. The minimum atomic E-state index is -5.40. The molecule has 0 atom stereocenters. The van der Waals surface area contributed by atoms with Crippen LogP contribution in [0.5, 0.6) is 0 Å². The van der Waals surface area contributed by atoms with Gasteiger partial charge in [-0.25, -0.2) is 0 Å². The van der Waals surface area contributed by atoms with E-state index < -0.39 is 60.7 Å². The first-order valence-corrected chi connectivity index (χ1v) is 5.50. The van der Waals surface area contributed by atoms with Crippen molar-refractivity contribution in [1.29, 1.82) is 0 Å². The first kappa shape index (κ1) is 33.9. The molecule has 0 aromatic heterocycles. The Morgan fingerprint density at radius 2 is 0.536 bits per heavy atom. The van der Waals surface area contributed by atoms with E-state index in [2.05, 4.69) is 0 Å². The van der Waals surface area contributed by atoms with Gasteiger partial charge in [0, 0.05) is 17.1 Å². The molecule has 0 aliphatic rings. The fourth-order valence-electron chi connectivity index (χ4n) is 0.693. The smallest absolute Gasteiger partial charge is 0.412 e. The van der Waals surface area contributed by atoms with E-state index in [1.807, 2.05) is 0 Å². The summed E-state index contributed by atoms with van der Waals surface area (Å²) < 4.78 is 136. The number of ketones is 4. The predicted octanol–water partition coefficient (Wildman–Crippen LogP) is 2.45. The van der Waals surface area contributed by atoms with Gasteiger partial charge in [0.2, 0.25) is 23.1 Å². The van der Waals surface area contributed by atoms with Crippen LogP contribution in [0.25, 0.3) is 0 Å². The molecule has 18 heteroatoms. The number of Topliss-reactive ketones (excluding diaryl/α,β-unsaturated/α-hetero) is 4. The molecular formula is C10H6F12MnO5. The molecule has 0 heterocycles. The molecule has 5 nitrogen and oxygen atoms in total. The van der Waals surface area contributed by atoms with Crippen LogP contribution in [0.4, 0.5) is 52.7 Å². The van der Waals surface area contributed by atoms with Gasteiger partial charge in [-0.3, -0.25) is 19.2 Å². The maximum Gasteiger partial charge on any atom is 0.450 e. The molecule has 0 unspecified atom stereocenters. The molecule has 0 bridgehead atoms. The van der Waals surface area contributed by atoms with Gasteiger partial charge in [-0.2, -0.15) is 52.7 Å². The van der Waals surface area contributed by atoms with E-state index >= 15 is 0 Å². The van der Waals surface area contributed by atoms with Crippen LogP contribution < -0.4 is 0 Å². The van der Waals surface area contributed by atoms with Crippen molar-refractivity contribution in [2.24, 2.45) is 0 Å². The summed E-state index contributed by atoms with van der Waals surface area (Å²) in [5.41, 5.74) is 0. The van der Waals surface area contributed by atoms with Crippen molar-refractivity contribution in [2.45, 2.75) is 37.5 Å². The molecule has 167 valence electrons. The molecule has 0 rings (SSSR count). The van der Waals surface area contributed by atoms with Gasteiger partial charge in [-0.05, 0) is 0 Å². The van der Waals surface area contributed by atoms with Gasteiger partial charge >= 0.3 is 24.7 Å². The van der Waals surface area contributed by atoms with Crippen molar-refractivity contribution in [3.63, 3.8) is 0 Å². The second kappa shape index (κ2) is 11.4. The SMILES string of the molecule is O.O=C(CC(=O)C(F)(F)F)C(F)(F)F.O=C(CC(=O)C(F)(F)F)C(F)(F)F.[Mn]. The molecule has 0 aliphatic heterocycles. The van der Waals surface area contributed by atoms with Crippen LogP contribution in [0.3, 0.4) is 0 Å².